The molecular formula is C39H35ClN2O8S. The number of halogens is 1. The molecule has 0 amide bonds. The molecule has 10 nitrogen and oxygen atoms in total. The van der Waals surface area contributed by atoms with Crippen LogP contribution in [-0.2, 0) is 25.7 Å². The number of thiazole rings is 1. The van der Waals surface area contributed by atoms with Gasteiger partial charge in [0.2, 0.25) is 0 Å². The van der Waals surface area contributed by atoms with Gasteiger partial charge < -0.3 is 23.7 Å². The third-order valence-corrected chi connectivity index (χ3v) is 9.57. The van der Waals surface area contributed by atoms with Crippen LogP contribution in [0.1, 0.15) is 43.5 Å². The van der Waals surface area contributed by atoms with Crippen LogP contribution in [0.4, 0.5) is 0 Å². The Morgan fingerprint density at radius 2 is 1.69 bits per heavy atom. The first-order valence-corrected chi connectivity index (χ1v) is 17.5. The maximum absolute atomic E-state index is 14.5. The monoisotopic (exact) mass is 726 g/mol. The van der Waals surface area contributed by atoms with E-state index in [1.807, 2.05) is 73.7 Å². The zero-order chi connectivity index (χ0) is 36.1. The molecule has 5 aromatic rings. The fourth-order valence-corrected chi connectivity index (χ4v) is 7.06. The highest BCUT2D eigenvalue weighted by Gasteiger charge is 2.34. The van der Waals surface area contributed by atoms with Gasteiger partial charge in [0.05, 0.1) is 42.2 Å². The number of benzene rings is 4. The molecule has 1 aliphatic heterocycles. The highest BCUT2D eigenvalue weighted by atomic mass is 35.5. The second kappa shape index (κ2) is 15.7. The number of carbonyl (C=O) groups excluding carboxylic acids is 2. The lowest BCUT2D eigenvalue weighted by atomic mass is 9.95. The van der Waals surface area contributed by atoms with Gasteiger partial charge in [-0.1, -0.05) is 77.5 Å². The first kappa shape index (κ1) is 35.4. The summed E-state index contributed by atoms with van der Waals surface area (Å²) in [6.45, 7) is 5.59. The summed E-state index contributed by atoms with van der Waals surface area (Å²) < 4.78 is 29.9. The third-order valence-electron chi connectivity index (χ3n) is 8.22. The van der Waals surface area contributed by atoms with Gasteiger partial charge in [-0.2, -0.15) is 0 Å². The highest BCUT2D eigenvalue weighted by Crippen LogP contribution is 2.37. The van der Waals surface area contributed by atoms with E-state index in [0.29, 0.717) is 55.0 Å². The summed E-state index contributed by atoms with van der Waals surface area (Å²) in [6, 6.07) is 23.3. The summed E-state index contributed by atoms with van der Waals surface area (Å²) in [5.74, 6) is 0.0575. The highest BCUT2D eigenvalue weighted by molar-refractivity contribution is 7.07. The van der Waals surface area contributed by atoms with Crippen molar-refractivity contribution in [2.24, 2.45) is 4.99 Å². The van der Waals surface area contributed by atoms with Gasteiger partial charge in [-0.25, -0.2) is 14.6 Å². The van der Waals surface area contributed by atoms with Gasteiger partial charge in [0.25, 0.3) is 5.56 Å². The maximum Gasteiger partial charge on any atom is 0.343 e. The van der Waals surface area contributed by atoms with Gasteiger partial charge in [0.15, 0.2) is 22.9 Å². The summed E-state index contributed by atoms with van der Waals surface area (Å²) in [6.07, 6.45) is 1.81. The van der Waals surface area contributed by atoms with Crippen molar-refractivity contribution in [3.63, 3.8) is 0 Å². The van der Waals surface area contributed by atoms with Crippen molar-refractivity contribution in [1.29, 1.82) is 0 Å². The molecule has 0 saturated heterocycles. The Morgan fingerprint density at radius 1 is 0.922 bits per heavy atom. The maximum atomic E-state index is 14.5. The molecule has 2 heterocycles. The Labute approximate surface area is 302 Å². The average Bonchev–Trinajstić information content (AvgIpc) is 3.44. The number of carbonyl (C=O) groups is 2. The molecule has 262 valence electrons. The zero-order valence-corrected chi connectivity index (χ0v) is 30.0. The minimum Gasteiger partial charge on any atom is -0.490 e. The van der Waals surface area contributed by atoms with E-state index in [9.17, 15) is 14.4 Å². The molecule has 0 bridgehead atoms. The molecule has 0 radical (unpaired) electrons. The van der Waals surface area contributed by atoms with Crippen LogP contribution in [0.5, 0.6) is 17.2 Å². The lowest BCUT2D eigenvalue weighted by Gasteiger charge is -2.25. The lowest BCUT2D eigenvalue weighted by Crippen LogP contribution is -2.40. The van der Waals surface area contributed by atoms with Crippen LogP contribution in [0.25, 0.3) is 16.8 Å². The van der Waals surface area contributed by atoms with E-state index in [1.54, 1.807) is 32.0 Å². The molecule has 1 atom stereocenters. The van der Waals surface area contributed by atoms with E-state index in [0.717, 1.165) is 16.3 Å². The lowest BCUT2D eigenvalue weighted by molar-refractivity contribution is -0.143. The second-order valence-electron chi connectivity index (χ2n) is 11.4. The Hall–Kier alpha value is -5.39. The number of nitrogens with zero attached hydrogens (tertiary/aromatic N) is 2. The topological polar surface area (TPSA) is 115 Å². The molecule has 1 aromatic heterocycles. The van der Waals surface area contributed by atoms with Crippen LogP contribution in [0.2, 0.25) is 5.02 Å². The molecule has 0 saturated carbocycles. The zero-order valence-electron chi connectivity index (χ0n) is 28.4. The quantitative estimate of drug-likeness (QED) is 0.141. The number of rotatable bonds is 12. The smallest absolute Gasteiger partial charge is 0.343 e. The van der Waals surface area contributed by atoms with Crippen LogP contribution in [-0.4, -0.2) is 43.4 Å². The van der Waals surface area contributed by atoms with Gasteiger partial charge in [-0.3, -0.25) is 9.36 Å². The minimum absolute atomic E-state index is 0.134. The van der Waals surface area contributed by atoms with E-state index >= 15 is 0 Å². The van der Waals surface area contributed by atoms with Crippen LogP contribution in [0.3, 0.4) is 0 Å². The van der Waals surface area contributed by atoms with E-state index in [4.69, 9.17) is 40.3 Å². The van der Waals surface area contributed by atoms with Gasteiger partial charge in [-0.15, -0.1) is 0 Å². The normalized spacial score (nSPS) is 14.1. The van der Waals surface area contributed by atoms with Gasteiger partial charge in [0.1, 0.15) is 12.4 Å². The summed E-state index contributed by atoms with van der Waals surface area (Å²) in [5.41, 5.74) is 2.39. The van der Waals surface area contributed by atoms with Crippen molar-refractivity contribution in [3.8, 4) is 17.2 Å². The summed E-state index contributed by atoms with van der Waals surface area (Å²) in [4.78, 5) is 45.0. The Bertz CT molecular complexity index is 2350. The van der Waals surface area contributed by atoms with E-state index in [1.165, 1.54) is 23.0 Å². The Balaban J connectivity index is 1.51. The van der Waals surface area contributed by atoms with Crippen molar-refractivity contribution in [3.05, 3.63) is 132 Å². The number of hydrogen-bond donors (Lipinski definition) is 0. The SMILES string of the molecule is CCOC(=O)C1=C(C)N=c2s/c(=C/c3c(OCc4ccccc4Cl)ccc4ccccc34)c(=O)n2[C@@H]1c1ccc(OCC(=O)OC)c(OCC)c1. The first-order chi connectivity index (χ1) is 24.7. The number of methoxy groups -OCH3 is 1. The van der Waals surface area contributed by atoms with Crippen LogP contribution < -0.4 is 29.1 Å². The van der Waals surface area contributed by atoms with Crippen LogP contribution in [0.15, 0.2) is 99.9 Å². The van der Waals surface area contributed by atoms with Gasteiger partial charge in [0, 0.05) is 16.1 Å². The molecule has 12 heteroatoms. The summed E-state index contributed by atoms with van der Waals surface area (Å²) in [7, 11) is 1.27. The van der Waals surface area contributed by atoms with Crippen LogP contribution >= 0.6 is 22.9 Å². The van der Waals surface area contributed by atoms with Crippen molar-refractivity contribution < 1.29 is 33.3 Å². The predicted octanol–water partition coefficient (Wildman–Crippen LogP) is 6.13. The number of allylic oxidation sites excluding steroid dienone is 1. The number of fused-ring (bicyclic) bond motifs is 2. The predicted molar refractivity (Wildman–Crippen MR) is 195 cm³/mol. The molecule has 0 N–H and O–H groups in total. The molecule has 0 aliphatic carbocycles. The first-order valence-electron chi connectivity index (χ1n) is 16.3. The fourth-order valence-electron chi connectivity index (χ4n) is 5.84. The number of ether oxygens (including phenoxy) is 5. The van der Waals surface area contributed by atoms with Crippen molar-refractivity contribution >= 4 is 51.7 Å². The number of esters is 2. The number of hydrogen-bond acceptors (Lipinski definition) is 10. The standard InChI is InChI=1S/C39H35ClN2O8S/c1-5-47-32-19-25(16-18-31(32)50-22-34(43)46-4)36-35(38(45)48-6-2)23(3)41-39-42(36)37(44)33(51-39)20-28-27-13-9-7-11-24(27)15-17-30(28)49-21-26-12-8-10-14-29(26)40/h7-20,36H,5-6,21-22H2,1-4H3/b33-20+/t36-/m1/s1. The molecular weight excluding hydrogens is 692 g/mol. The van der Waals surface area contributed by atoms with E-state index < -0.39 is 18.0 Å². The van der Waals surface area contributed by atoms with Crippen molar-refractivity contribution in [2.45, 2.75) is 33.4 Å². The number of aromatic nitrogens is 1. The molecule has 0 unspecified atom stereocenters. The Kier molecular flexibility index (Phi) is 10.9. The van der Waals surface area contributed by atoms with E-state index in [-0.39, 0.29) is 31.0 Å². The van der Waals surface area contributed by atoms with Crippen molar-refractivity contribution in [2.75, 3.05) is 26.9 Å². The van der Waals surface area contributed by atoms with Gasteiger partial charge >= 0.3 is 11.9 Å². The summed E-state index contributed by atoms with van der Waals surface area (Å²) >= 11 is 7.63. The molecule has 0 fully saturated rings. The fraction of sp³-hybridized carbons (Fsp3) is 0.231. The molecule has 4 aromatic carbocycles. The molecule has 6 rings (SSSR count). The third kappa shape index (κ3) is 7.40. The van der Waals surface area contributed by atoms with E-state index in [2.05, 4.69) is 0 Å². The largest absolute Gasteiger partial charge is 0.490 e. The second-order valence-corrected chi connectivity index (χ2v) is 12.8. The average molecular weight is 727 g/mol. The molecule has 1 aliphatic rings. The Morgan fingerprint density at radius 3 is 2.45 bits per heavy atom. The summed E-state index contributed by atoms with van der Waals surface area (Å²) in [5, 5.41) is 2.46. The molecule has 0 spiro atoms. The van der Waals surface area contributed by atoms with Crippen molar-refractivity contribution in [1.82, 2.24) is 4.57 Å². The van der Waals surface area contributed by atoms with Gasteiger partial charge in [-0.05, 0) is 67.4 Å². The molecule has 51 heavy (non-hydrogen) atoms. The van der Waals surface area contributed by atoms with Crippen LogP contribution in [0, 0.1) is 0 Å². The minimum atomic E-state index is -0.903.